The number of nitrogen functional groups attached to an aromatic ring is 1. The Labute approximate surface area is 117 Å². The molecule has 1 aromatic rings. The number of nitrogens with two attached hydrogens (primary N) is 1. The molecule has 6 heteroatoms. The largest absolute Gasteiger partial charge is 0.399 e. The van der Waals surface area contributed by atoms with Gasteiger partial charge in [0.1, 0.15) is 5.82 Å². The van der Waals surface area contributed by atoms with Crippen molar-refractivity contribution in [2.24, 2.45) is 0 Å². The standard InChI is InChI=1S/C14H21FN2O3/c1-9-6-10(16)7-11(12(9)15)13(18)17-8-14(2,19)4-5-20-3/h6-7,19H,4-5,8,16H2,1-3H3,(H,17,18). The Balaban J connectivity index is 2.73. The number of methoxy groups -OCH3 is 1. The number of hydrogen-bond acceptors (Lipinski definition) is 4. The van der Waals surface area contributed by atoms with Crippen LogP contribution in [0.1, 0.15) is 29.3 Å². The molecule has 0 fully saturated rings. The second-order valence-electron chi connectivity index (χ2n) is 5.12. The zero-order chi connectivity index (χ0) is 15.3. The summed E-state index contributed by atoms with van der Waals surface area (Å²) >= 11 is 0. The van der Waals surface area contributed by atoms with E-state index in [9.17, 15) is 14.3 Å². The first-order chi connectivity index (χ1) is 9.26. The lowest BCUT2D eigenvalue weighted by Gasteiger charge is -2.23. The van der Waals surface area contributed by atoms with E-state index < -0.39 is 17.3 Å². The van der Waals surface area contributed by atoms with Crippen molar-refractivity contribution in [3.8, 4) is 0 Å². The maximum absolute atomic E-state index is 13.9. The van der Waals surface area contributed by atoms with Crippen molar-refractivity contribution < 1.29 is 19.0 Å². The van der Waals surface area contributed by atoms with Gasteiger partial charge in [-0.1, -0.05) is 0 Å². The van der Waals surface area contributed by atoms with E-state index in [0.29, 0.717) is 24.3 Å². The van der Waals surface area contributed by atoms with Gasteiger partial charge >= 0.3 is 0 Å². The van der Waals surface area contributed by atoms with Crippen LogP contribution in [0.4, 0.5) is 10.1 Å². The van der Waals surface area contributed by atoms with Crippen LogP contribution in [0.15, 0.2) is 12.1 Å². The molecular formula is C14H21FN2O3. The van der Waals surface area contributed by atoms with E-state index in [1.54, 1.807) is 6.92 Å². The van der Waals surface area contributed by atoms with Crippen LogP contribution in [-0.2, 0) is 4.74 Å². The van der Waals surface area contributed by atoms with Crippen LogP contribution in [-0.4, -0.2) is 36.9 Å². The summed E-state index contributed by atoms with van der Waals surface area (Å²) in [5, 5.41) is 12.5. The number of rotatable bonds is 6. The van der Waals surface area contributed by atoms with E-state index in [2.05, 4.69) is 5.32 Å². The predicted molar refractivity (Wildman–Crippen MR) is 75.0 cm³/mol. The van der Waals surface area contributed by atoms with E-state index in [4.69, 9.17) is 10.5 Å². The molecule has 0 saturated carbocycles. The summed E-state index contributed by atoms with van der Waals surface area (Å²) in [6.07, 6.45) is 0.363. The molecule has 20 heavy (non-hydrogen) atoms. The van der Waals surface area contributed by atoms with E-state index in [1.807, 2.05) is 0 Å². The molecule has 0 aromatic heterocycles. The summed E-state index contributed by atoms with van der Waals surface area (Å²) in [5.41, 5.74) is 4.99. The zero-order valence-electron chi connectivity index (χ0n) is 12.0. The van der Waals surface area contributed by atoms with Gasteiger partial charge in [0.15, 0.2) is 0 Å². The van der Waals surface area contributed by atoms with Crippen molar-refractivity contribution in [1.29, 1.82) is 0 Å². The molecule has 0 aliphatic carbocycles. The summed E-state index contributed by atoms with van der Waals surface area (Å²) in [6.45, 7) is 3.49. The molecule has 0 spiro atoms. The van der Waals surface area contributed by atoms with Crippen molar-refractivity contribution in [1.82, 2.24) is 5.32 Å². The lowest BCUT2D eigenvalue weighted by atomic mass is 10.0. The smallest absolute Gasteiger partial charge is 0.254 e. The van der Waals surface area contributed by atoms with Gasteiger partial charge in [-0.15, -0.1) is 0 Å². The maximum Gasteiger partial charge on any atom is 0.254 e. The lowest BCUT2D eigenvalue weighted by Crippen LogP contribution is -2.41. The summed E-state index contributed by atoms with van der Waals surface area (Å²) in [5.74, 6) is -1.20. The quantitative estimate of drug-likeness (QED) is 0.686. The third-order valence-electron chi connectivity index (χ3n) is 3.00. The molecule has 0 saturated heterocycles. The van der Waals surface area contributed by atoms with Gasteiger partial charge in [0, 0.05) is 32.4 Å². The first-order valence-electron chi connectivity index (χ1n) is 6.32. The molecule has 112 valence electrons. The maximum atomic E-state index is 13.9. The summed E-state index contributed by atoms with van der Waals surface area (Å²) in [7, 11) is 1.53. The first-order valence-corrected chi connectivity index (χ1v) is 6.32. The van der Waals surface area contributed by atoms with Crippen molar-refractivity contribution in [2.75, 3.05) is 26.0 Å². The van der Waals surface area contributed by atoms with Crippen molar-refractivity contribution in [2.45, 2.75) is 25.9 Å². The minimum Gasteiger partial charge on any atom is -0.399 e. The highest BCUT2D eigenvalue weighted by Crippen LogP contribution is 2.17. The van der Waals surface area contributed by atoms with E-state index in [0.717, 1.165) is 0 Å². The zero-order valence-corrected chi connectivity index (χ0v) is 12.0. The second kappa shape index (κ2) is 6.67. The van der Waals surface area contributed by atoms with Crippen LogP contribution in [0.25, 0.3) is 0 Å². The number of benzene rings is 1. The van der Waals surface area contributed by atoms with Gasteiger partial charge < -0.3 is 20.9 Å². The minimum absolute atomic E-state index is 0.00246. The molecule has 1 rings (SSSR count). The fourth-order valence-corrected chi connectivity index (χ4v) is 1.74. The summed E-state index contributed by atoms with van der Waals surface area (Å²) < 4.78 is 18.7. The normalized spacial score (nSPS) is 13.8. The van der Waals surface area contributed by atoms with E-state index in [1.165, 1.54) is 26.2 Å². The average molecular weight is 284 g/mol. The highest BCUT2D eigenvalue weighted by molar-refractivity contribution is 5.95. The Morgan fingerprint density at radius 3 is 2.80 bits per heavy atom. The lowest BCUT2D eigenvalue weighted by molar-refractivity contribution is 0.0243. The minimum atomic E-state index is -1.11. The van der Waals surface area contributed by atoms with Gasteiger partial charge in [-0.2, -0.15) is 0 Å². The number of aliphatic hydroxyl groups is 1. The molecule has 0 bridgehead atoms. The van der Waals surface area contributed by atoms with Crippen LogP contribution in [0.5, 0.6) is 0 Å². The number of halogens is 1. The van der Waals surface area contributed by atoms with Crippen LogP contribution in [0.3, 0.4) is 0 Å². The molecule has 0 heterocycles. The van der Waals surface area contributed by atoms with E-state index in [-0.39, 0.29) is 12.1 Å². The first kappa shape index (κ1) is 16.4. The topological polar surface area (TPSA) is 84.6 Å². The molecule has 0 radical (unpaired) electrons. The molecule has 1 aromatic carbocycles. The molecule has 1 amide bonds. The molecule has 1 atom stereocenters. The summed E-state index contributed by atoms with van der Waals surface area (Å²) in [4.78, 5) is 11.9. The van der Waals surface area contributed by atoms with Crippen molar-refractivity contribution >= 4 is 11.6 Å². The summed E-state index contributed by atoms with van der Waals surface area (Å²) in [6, 6.07) is 2.74. The Kier molecular flexibility index (Phi) is 5.47. The highest BCUT2D eigenvalue weighted by Gasteiger charge is 2.22. The SMILES string of the molecule is COCCC(C)(O)CNC(=O)c1cc(N)cc(C)c1F. The average Bonchev–Trinajstić information content (AvgIpc) is 2.38. The third kappa shape index (κ3) is 4.47. The molecule has 0 aliphatic rings. The highest BCUT2D eigenvalue weighted by atomic mass is 19.1. The van der Waals surface area contributed by atoms with Crippen LogP contribution >= 0.6 is 0 Å². The third-order valence-corrected chi connectivity index (χ3v) is 3.00. The Hall–Kier alpha value is -1.66. The molecule has 1 unspecified atom stereocenters. The fraction of sp³-hybridized carbons (Fsp3) is 0.500. The van der Waals surface area contributed by atoms with Crippen molar-refractivity contribution in [3.63, 3.8) is 0 Å². The van der Waals surface area contributed by atoms with Gasteiger partial charge in [-0.3, -0.25) is 4.79 Å². The molecule has 4 N–H and O–H groups in total. The van der Waals surface area contributed by atoms with Gasteiger partial charge in [0.25, 0.3) is 5.91 Å². The second-order valence-corrected chi connectivity index (χ2v) is 5.12. The number of nitrogens with one attached hydrogen (secondary N) is 1. The Morgan fingerprint density at radius 2 is 2.20 bits per heavy atom. The van der Waals surface area contributed by atoms with Gasteiger partial charge in [0.05, 0.1) is 11.2 Å². The number of hydrogen-bond donors (Lipinski definition) is 3. The van der Waals surface area contributed by atoms with Gasteiger partial charge in [-0.05, 0) is 31.5 Å². The van der Waals surface area contributed by atoms with Crippen LogP contribution < -0.4 is 11.1 Å². The van der Waals surface area contributed by atoms with Crippen LogP contribution in [0.2, 0.25) is 0 Å². The number of anilines is 1. The molecular weight excluding hydrogens is 263 g/mol. The number of ether oxygens (including phenoxy) is 1. The van der Waals surface area contributed by atoms with Crippen molar-refractivity contribution in [3.05, 3.63) is 29.1 Å². The van der Waals surface area contributed by atoms with Crippen LogP contribution in [0, 0.1) is 12.7 Å². The van der Waals surface area contributed by atoms with Gasteiger partial charge in [0.2, 0.25) is 0 Å². The fourth-order valence-electron chi connectivity index (χ4n) is 1.74. The Morgan fingerprint density at radius 1 is 1.55 bits per heavy atom. The van der Waals surface area contributed by atoms with E-state index >= 15 is 0 Å². The monoisotopic (exact) mass is 284 g/mol. The number of carbonyl (C=O) groups is 1. The molecule has 5 nitrogen and oxygen atoms in total. The number of amides is 1. The number of aryl methyl sites for hydroxylation is 1. The number of carbonyl (C=O) groups excluding carboxylic acids is 1. The van der Waals surface area contributed by atoms with Gasteiger partial charge in [-0.25, -0.2) is 4.39 Å². The Bertz CT molecular complexity index is 490. The predicted octanol–water partition coefficient (Wildman–Crippen LogP) is 1.23. The molecule has 0 aliphatic heterocycles.